The molecule has 0 spiro atoms. The summed E-state index contributed by atoms with van der Waals surface area (Å²) in [5, 5.41) is 3.52. The second-order valence-electron chi connectivity index (χ2n) is 6.90. The van der Waals surface area contributed by atoms with Crippen molar-refractivity contribution in [2.45, 2.75) is 31.2 Å². The van der Waals surface area contributed by atoms with E-state index in [9.17, 15) is 9.18 Å². The summed E-state index contributed by atoms with van der Waals surface area (Å²) in [4.78, 5) is 20.8. The molecule has 0 radical (unpaired) electrons. The predicted octanol–water partition coefficient (Wildman–Crippen LogP) is 3.93. The number of nitrogens with one attached hydrogen (secondary N) is 1. The van der Waals surface area contributed by atoms with Crippen LogP contribution < -0.4 is 11.1 Å². The number of nitrogens with zero attached hydrogens (tertiary/aromatic N) is 2. The van der Waals surface area contributed by atoms with Gasteiger partial charge in [-0.2, -0.15) is 0 Å². The summed E-state index contributed by atoms with van der Waals surface area (Å²) in [6, 6.07) is 7.89. The lowest BCUT2D eigenvalue weighted by molar-refractivity contribution is 0.102. The highest BCUT2D eigenvalue weighted by atomic mass is 35.5. The molecule has 146 valence electrons. The Bertz CT molecular complexity index is 967. The molecule has 2 aromatic rings. The van der Waals surface area contributed by atoms with Crippen molar-refractivity contribution in [2.24, 2.45) is 16.6 Å². The van der Waals surface area contributed by atoms with Gasteiger partial charge in [0.2, 0.25) is 0 Å². The number of anilines is 1. The summed E-state index contributed by atoms with van der Waals surface area (Å²) in [6.07, 6.45) is 0.491. The summed E-state index contributed by atoms with van der Waals surface area (Å²) in [7, 11) is 0. The third kappa shape index (κ3) is 3.18. The first-order valence-corrected chi connectivity index (χ1v) is 9.46. The van der Waals surface area contributed by atoms with Crippen molar-refractivity contribution in [1.29, 1.82) is 0 Å². The molecular weight excluding hydrogens is 406 g/mol. The third-order valence-electron chi connectivity index (χ3n) is 5.09. The summed E-state index contributed by atoms with van der Waals surface area (Å²) in [6.45, 7) is 1.43. The molecule has 1 fully saturated rings. The van der Waals surface area contributed by atoms with Crippen molar-refractivity contribution in [3.63, 3.8) is 0 Å². The number of carbonyl (C=O) groups excluding carboxylic acids is 1. The average molecular weight is 423 g/mol. The number of hydrogen-bond donors (Lipinski definition) is 2. The van der Waals surface area contributed by atoms with Gasteiger partial charge >= 0.3 is 0 Å². The van der Waals surface area contributed by atoms with E-state index in [0.29, 0.717) is 27.7 Å². The van der Waals surface area contributed by atoms with Gasteiger partial charge in [0.25, 0.3) is 11.9 Å². The first kappa shape index (κ1) is 19.0. The van der Waals surface area contributed by atoms with Gasteiger partial charge in [-0.15, -0.1) is 0 Å². The van der Waals surface area contributed by atoms with Crippen LogP contribution >= 0.6 is 23.2 Å². The molecule has 2 heterocycles. The van der Waals surface area contributed by atoms with Gasteiger partial charge in [-0.25, -0.2) is 14.4 Å². The number of hydrogen-bond acceptors (Lipinski definition) is 5. The molecule has 4 rings (SSSR count). The average Bonchev–Trinajstić information content (AvgIpc) is 3.42. The maximum Gasteiger partial charge on any atom is 0.283 e. The zero-order chi connectivity index (χ0) is 20.1. The van der Waals surface area contributed by atoms with Crippen LogP contribution in [0.1, 0.15) is 29.4 Å². The van der Waals surface area contributed by atoms with E-state index in [2.05, 4.69) is 15.3 Å². The number of carbonyl (C=O) groups is 1. The fraction of sp³-hybridized carbons (Fsp3) is 0.316. The van der Waals surface area contributed by atoms with Crippen LogP contribution in [0.15, 0.2) is 41.5 Å². The number of fused-ring (bicyclic) bond motifs is 1. The number of amidine groups is 1. The van der Waals surface area contributed by atoms with Crippen LogP contribution in [0.5, 0.6) is 0 Å². The molecule has 9 heteroatoms. The predicted molar refractivity (Wildman–Crippen MR) is 106 cm³/mol. The Morgan fingerprint density at radius 3 is 2.86 bits per heavy atom. The summed E-state index contributed by atoms with van der Waals surface area (Å²) in [5.74, 6) is -0.590. The lowest BCUT2D eigenvalue weighted by atomic mass is 9.81. The Kier molecular flexibility index (Phi) is 4.67. The molecule has 1 unspecified atom stereocenters. The zero-order valence-corrected chi connectivity index (χ0v) is 16.3. The second kappa shape index (κ2) is 6.90. The minimum atomic E-state index is -1.36. The van der Waals surface area contributed by atoms with Crippen LogP contribution in [0.4, 0.5) is 10.1 Å². The van der Waals surface area contributed by atoms with Crippen LogP contribution in [0, 0.1) is 5.92 Å². The maximum atomic E-state index is 14.9. The van der Waals surface area contributed by atoms with Crippen LogP contribution in [0.3, 0.4) is 0 Å². The number of amides is 1. The van der Waals surface area contributed by atoms with Gasteiger partial charge in [0.1, 0.15) is 23.5 Å². The summed E-state index contributed by atoms with van der Waals surface area (Å²) in [5.41, 5.74) is 5.65. The topological polar surface area (TPSA) is 89.6 Å². The smallest absolute Gasteiger partial charge is 0.283 e. The van der Waals surface area contributed by atoms with Gasteiger partial charge in [-0.05, 0) is 43.7 Å². The fourth-order valence-corrected chi connectivity index (χ4v) is 4.07. The molecule has 6 nitrogen and oxygen atoms in total. The number of nitrogens with two attached hydrogens (primary N) is 1. The number of pyridine rings is 1. The zero-order valence-electron chi connectivity index (χ0n) is 14.8. The van der Waals surface area contributed by atoms with Gasteiger partial charge < -0.3 is 15.8 Å². The Hall–Kier alpha value is -2.38. The van der Waals surface area contributed by atoms with Crippen molar-refractivity contribution in [1.82, 2.24) is 4.98 Å². The number of aliphatic imine (C=N–C) groups is 1. The minimum Gasteiger partial charge on any atom is -0.462 e. The highest BCUT2D eigenvalue weighted by Crippen LogP contribution is 2.56. The molecule has 1 saturated carbocycles. The van der Waals surface area contributed by atoms with Crippen molar-refractivity contribution >= 4 is 40.8 Å². The quantitative estimate of drug-likeness (QED) is 0.780. The van der Waals surface area contributed by atoms with E-state index in [1.165, 1.54) is 19.2 Å². The van der Waals surface area contributed by atoms with Crippen molar-refractivity contribution in [2.75, 3.05) is 5.32 Å². The van der Waals surface area contributed by atoms with E-state index in [1.54, 1.807) is 24.3 Å². The molecule has 1 aromatic heterocycles. The number of aromatic nitrogens is 1. The summed E-state index contributed by atoms with van der Waals surface area (Å²) < 4.78 is 20.3. The van der Waals surface area contributed by atoms with E-state index in [1.807, 2.05) is 0 Å². The standard InChI is InChI=1S/C19H17Cl2FN4O2/c1-9(22)19(13-7-16(13)28-18(23)26-19)12-6-11(3-4-14(12)21)25-17(27)15-5-2-10(20)8-24-15/h2-6,8-9,13,16H,7H2,1H3,(H2,23,26)(H,25,27)/t9?,13-,16+,19+/m1/s1. The van der Waals surface area contributed by atoms with Crippen LogP contribution in [0.2, 0.25) is 10.0 Å². The van der Waals surface area contributed by atoms with E-state index < -0.39 is 17.6 Å². The van der Waals surface area contributed by atoms with E-state index in [-0.39, 0.29) is 23.7 Å². The molecule has 1 amide bonds. The first-order chi connectivity index (χ1) is 13.3. The second-order valence-corrected chi connectivity index (χ2v) is 7.74. The number of ether oxygens (including phenoxy) is 1. The Labute approximate surface area is 170 Å². The Balaban J connectivity index is 1.70. The molecule has 1 aliphatic carbocycles. The van der Waals surface area contributed by atoms with Crippen LogP contribution in [0.25, 0.3) is 0 Å². The minimum absolute atomic E-state index is 0.0564. The SMILES string of the molecule is CC(F)[C@@]1(c2cc(NC(=O)c3ccc(Cl)cn3)ccc2Cl)N=C(N)O[C@H]2C[C@H]21. The molecule has 0 bridgehead atoms. The van der Waals surface area contributed by atoms with Gasteiger partial charge in [0, 0.05) is 28.4 Å². The molecule has 4 atom stereocenters. The molecular formula is C19H17Cl2FN4O2. The Morgan fingerprint density at radius 1 is 1.39 bits per heavy atom. The molecule has 1 aliphatic heterocycles. The largest absolute Gasteiger partial charge is 0.462 e. The van der Waals surface area contributed by atoms with Crippen molar-refractivity contribution in [3.8, 4) is 0 Å². The monoisotopic (exact) mass is 422 g/mol. The number of benzene rings is 1. The van der Waals surface area contributed by atoms with E-state index >= 15 is 0 Å². The highest BCUT2D eigenvalue weighted by Gasteiger charge is 2.62. The Morgan fingerprint density at radius 2 is 2.18 bits per heavy atom. The molecule has 2 aliphatic rings. The molecule has 1 aromatic carbocycles. The lowest BCUT2D eigenvalue weighted by Crippen LogP contribution is -2.43. The van der Waals surface area contributed by atoms with Gasteiger partial charge in [-0.1, -0.05) is 23.2 Å². The first-order valence-electron chi connectivity index (χ1n) is 8.70. The van der Waals surface area contributed by atoms with Gasteiger partial charge in [0.15, 0.2) is 0 Å². The highest BCUT2D eigenvalue weighted by molar-refractivity contribution is 6.31. The van der Waals surface area contributed by atoms with Crippen molar-refractivity contribution < 1.29 is 13.9 Å². The van der Waals surface area contributed by atoms with Gasteiger partial charge in [-0.3, -0.25) is 4.79 Å². The van der Waals surface area contributed by atoms with E-state index in [4.69, 9.17) is 33.7 Å². The maximum absolute atomic E-state index is 14.9. The number of halogens is 3. The fourth-order valence-electron chi connectivity index (χ4n) is 3.69. The molecule has 3 N–H and O–H groups in total. The number of rotatable bonds is 4. The van der Waals surface area contributed by atoms with Crippen LogP contribution in [-0.2, 0) is 10.3 Å². The number of alkyl halides is 1. The molecule has 28 heavy (non-hydrogen) atoms. The van der Waals surface area contributed by atoms with E-state index in [0.717, 1.165) is 0 Å². The summed E-state index contributed by atoms with van der Waals surface area (Å²) >= 11 is 12.2. The van der Waals surface area contributed by atoms with Crippen LogP contribution in [-0.4, -0.2) is 29.2 Å². The van der Waals surface area contributed by atoms with Gasteiger partial charge in [0.05, 0.1) is 5.02 Å². The van der Waals surface area contributed by atoms with Crippen molar-refractivity contribution in [3.05, 3.63) is 57.8 Å². The third-order valence-corrected chi connectivity index (χ3v) is 5.64. The molecule has 0 saturated heterocycles. The lowest BCUT2D eigenvalue weighted by Gasteiger charge is -2.35. The normalized spacial score (nSPS) is 26.5.